The minimum atomic E-state index is -0.776. The number of aryl methyl sites for hydroxylation is 1. The zero-order valence-electron chi connectivity index (χ0n) is 23.7. The molecular weight excluding hydrogens is 496 g/mol. The highest BCUT2D eigenvalue weighted by molar-refractivity contribution is 6.08. The molecule has 3 aliphatic heterocycles. The zero-order valence-corrected chi connectivity index (χ0v) is 23.7. The highest BCUT2D eigenvalue weighted by Crippen LogP contribution is 2.44. The summed E-state index contributed by atoms with van der Waals surface area (Å²) >= 11 is 0. The van der Waals surface area contributed by atoms with E-state index >= 15 is 0 Å². The summed E-state index contributed by atoms with van der Waals surface area (Å²) in [6.07, 6.45) is 11.2. The van der Waals surface area contributed by atoms with Crippen LogP contribution in [0.4, 0.5) is 0 Å². The van der Waals surface area contributed by atoms with Gasteiger partial charge in [-0.15, -0.1) is 0 Å². The molecule has 1 spiro atoms. The van der Waals surface area contributed by atoms with Crippen LogP contribution in [-0.4, -0.2) is 46.4 Å². The molecule has 0 unspecified atom stereocenters. The van der Waals surface area contributed by atoms with E-state index in [-0.39, 0.29) is 35.6 Å². The van der Waals surface area contributed by atoms with Gasteiger partial charge in [0, 0.05) is 30.2 Å². The molecule has 39 heavy (non-hydrogen) atoms. The van der Waals surface area contributed by atoms with E-state index in [1.54, 1.807) is 25.1 Å². The number of allylic oxidation sites excluding steroid dienone is 1. The zero-order chi connectivity index (χ0) is 27.9. The Labute approximate surface area is 230 Å². The van der Waals surface area contributed by atoms with E-state index in [0.29, 0.717) is 47.3 Å². The lowest BCUT2D eigenvalue weighted by Crippen LogP contribution is -2.54. The molecule has 5 rings (SSSR count). The fraction of sp³-hybridized carbons (Fsp3) is 0.594. The standard InChI is InChI=1S/C32H42O7/c1-6-27-19(3)11-12-32(39-27)16-24-15-23(38-32)9-7-18(2)13-20(4)26(33)10-8-22-17-36-30-28(22)25(31(35)37-24)14-21(5)29(30)34/h7-8,10,14,17,19-20,23-24,26-27,33-34H,6,9,11-13,15-16H2,1-5H3/b10-8+,18-7-/t19-,20+,23+,24-,26+,27+,32+/m0/s1. The number of aliphatic hydroxyl groups is 1. The third-order valence-corrected chi connectivity index (χ3v) is 8.79. The number of phenols is 1. The minimum Gasteiger partial charge on any atom is -0.504 e. The van der Waals surface area contributed by atoms with Gasteiger partial charge in [0.1, 0.15) is 6.10 Å². The normalized spacial score (nSPS) is 36.4. The number of aromatic hydroxyl groups is 1. The Morgan fingerprint density at radius 2 is 1.92 bits per heavy atom. The summed E-state index contributed by atoms with van der Waals surface area (Å²) < 4.78 is 25.2. The molecule has 2 N–H and O–H groups in total. The van der Waals surface area contributed by atoms with Crippen LogP contribution in [0, 0.1) is 18.8 Å². The summed E-state index contributed by atoms with van der Waals surface area (Å²) in [5.74, 6) is -0.813. The molecule has 7 atom stereocenters. The second kappa shape index (κ2) is 11.1. The molecule has 2 fully saturated rings. The van der Waals surface area contributed by atoms with E-state index in [9.17, 15) is 15.0 Å². The lowest BCUT2D eigenvalue weighted by atomic mass is 9.85. The van der Waals surface area contributed by atoms with Gasteiger partial charge >= 0.3 is 5.97 Å². The largest absolute Gasteiger partial charge is 0.504 e. The summed E-state index contributed by atoms with van der Waals surface area (Å²) in [6.45, 7) is 10.2. The van der Waals surface area contributed by atoms with Crippen LogP contribution in [0.5, 0.6) is 5.75 Å². The van der Waals surface area contributed by atoms with E-state index in [1.165, 1.54) is 11.8 Å². The second-order valence-electron chi connectivity index (χ2n) is 12.0. The summed E-state index contributed by atoms with van der Waals surface area (Å²) in [6, 6.07) is 1.65. The van der Waals surface area contributed by atoms with Crippen LogP contribution in [0.3, 0.4) is 0 Å². The number of benzene rings is 1. The van der Waals surface area contributed by atoms with E-state index < -0.39 is 17.9 Å². The van der Waals surface area contributed by atoms with Crippen molar-refractivity contribution in [2.75, 3.05) is 0 Å². The molecule has 3 aliphatic rings. The fourth-order valence-corrected chi connectivity index (χ4v) is 6.46. The SMILES string of the molecule is CC[C@H]1O[C@]2(CC[C@@H]1C)C[C@@H]1C[C@@H](C/C=C(/C)C[C@@H](C)[C@H](O)/C=C/c3coc4c(O)c(C)cc(c34)C(=O)O1)O2. The van der Waals surface area contributed by atoms with Crippen LogP contribution in [-0.2, 0) is 14.2 Å². The second-order valence-corrected chi connectivity index (χ2v) is 12.0. The summed E-state index contributed by atoms with van der Waals surface area (Å²) in [7, 11) is 0. The van der Waals surface area contributed by atoms with E-state index in [4.69, 9.17) is 18.6 Å². The maximum atomic E-state index is 13.7. The quantitative estimate of drug-likeness (QED) is 0.304. The maximum Gasteiger partial charge on any atom is 0.339 e. The number of hydrogen-bond acceptors (Lipinski definition) is 7. The average molecular weight is 539 g/mol. The van der Waals surface area contributed by atoms with Crippen molar-refractivity contribution in [3.8, 4) is 5.75 Å². The lowest BCUT2D eigenvalue weighted by Gasteiger charge is -2.49. The number of rotatable bonds is 1. The molecule has 7 nitrogen and oxygen atoms in total. The summed E-state index contributed by atoms with van der Waals surface area (Å²) in [5, 5.41) is 22.0. The first-order valence-electron chi connectivity index (χ1n) is 14.4. The van der Waals surface area contributed by atoms with Crippen molar-refractivity contribution in [2.24, 2.45) is 11.8 Å². The maximum absolute atomic E-state index is 13.7. The number of aliphatic hydroxyl groups excluding tert-OH is 1. The first kappa shape index (κ1) is 27.9. The van der Waals surface area contributed by atoms with Gasteiger partial charge in [0.15, 0.2) is 17.1 Å². The molecule has 2 bridgehead atoms. The van der Waals surface area contributed by atoms with Crippen LogP contribution >= 0.6 is 0 Å². The van der Waals surface area contributed by atoms with Crippen LogP contribution in [0.2, 0.25) is 0 Å². The highest BCUT2D eigenvalue weighted by Gasteiger charge is 2.48. The smallest absolute Gasteiger partial charge is 0.339 e. The molecule has 4 heterocycles. The van der Waals surface area contributed by atoms with Crippen molar-refractivity contribution >= 4 is 23.0 Å². The number of carbonyl (C=O) groups is 1. The van der Waals surface area contributed by atoms with Crippen molar-refractivity contribution in [1.82, 2.24) is 0 Å². The Hall–Kier alpha value is -2.61. The van der Waals surface area contributed by atoms with Crippen molar-refractivity contribution in [3.63, 3.8) is 0 Å². The Morgan fingerprint density at radius 1 is 1.13 bits per heavy atom. The van der Waals surface area contributed by atoms with E-state index in [0.717, 1.165) is 25.7 Å². The third-order valence-electron chi connectivity index (χ3n) is 8.79. The van der Waals surface area contributed by atoms with Crippen molar-refractivity contribution in [3.05, 3.63) is 46.7 Å². The van der Waals surface area contributed by atoms with Gasteiger partial charge < -0.3 is 28.8 Å². The number of esters is 1. The molecule has 2 aromatic rings. The Kier molecular flexibility index (Phi) is 7.96. The molecule has 2 saturated heterocycles. The van der Waals surface area contributed by atoms with Gasteiger partial charge in [0.05, 0.1) is 30.1 Å². The van der Waals surface area contributed by atoms with E-state index in [1.807, 2.05) is 6.92 Å². The molecule has 1 aromatic heterocycles. The fourth-order valence-electron chi connectivity index (χ4n) is 6.46. The number of hydrogen-bond donors (Lipinski definition) is 2. The first-order valence-corrected chi connectivity index (χ1v) is 14.4. The van der Waals surface area contributed by atoms with Crippen molar-refractivity contribution in [2.45, 2.75) is 110 Å². The lowest BCUT2D eigenvalue weighted by molar-refractivity contribution is -0.334. The molecule has 0 aliphatic carbocycles. The number of phenolic OH excluding ortho intramolecular Hbond substituents is 1. The van der Waals surface area contributed by atoms with Crippen molar-refractivity contribution < 1.29 is 33.6 Å². The van der Waals surface area contributed by atoms with Gasteiger partial charge in [-0.2, -0.15) is 0 Å². The van der Waals surface area contributed by atoms with Crippen molar-refractivity contribution in [1.29, 1.82) is 0 Å². The Balaban J connectivity index is 1.56. The number of furan rings is 1. The number of carbonyl (C=O) groups excluding carboxylic acids is 1. The van der Waals surface area contributed by atoms with Gasteiger partial charge in [-0.3, -0.25) is 0 Å². The predicted octanol–water partition coefficient (Wildman–Crippen LogP) is 6.82. The molecule has 1 aromatic carbocycles. The average Bonchev–Trinajstić information content (AvgIpc) is 3.33. The van der Waals surface area contributed by atoms with Crippen LogP contribution in [0.25, 0.3) is 17.0 Å². The van der Waals surface area contributed by atoms with Gasteiger partial charge in [0.25, 0.3) is 0 Å². The van der Waals surface area contributed by atoms with Gasteiger partial charge in [-0.1, -0.05) is 44.6 Å². The summed E-state index contributed by atoms with van der Waals surface area (Å²) in [5.41, 5.74) is 2.88. The highest BCUT2D eigenvalue weighted by atomic mass is 16.7. The molecule has 0 saturated carbocycles. The minimum absolute atomic E-state index is 0.00861. The summed E-state index contributed by atoms with van der Waals surface area (Å²) in [4.78, 5) is 13.7. The molecule has 0 amide bonds. The van der Waals surface area contributed by atoms with Crippen LogP contribution < -0.4 is 0 Å². The Bertz CT molecular complexity index is 1270. The van der Waals surface area contributed by atoms with Gasteiger partial charge in [0.2, 0.25) is 0 Å². The van der Waals surface area contributed by atoms with Crippen LogP contribution in [0.15, 0.2) is 34.5 Å². The first-order chi connectivity index (χ1) is 18.6. The molecular formula is C32H42O7. The molecule has 7 heteroatoms. The molecule has 0 radical (unpaired) electrons. The third kappa shape index (κ3) is 5.67. The van der Waals surface area contributed by atoms with Gasteiger partial charge in [-0.25, -0.2) is 4.79 Å². The monoisotopic (exact) mass is 538 g/mol. The van der Waals surface area contributed by atoms with Gasteiger partial charge in [-0.05, 0) is 63.0 Å². The predicted molar refractivity (Wildman–Crippen MR) is 149 cm³/mol. The Morgan fingerprint density at radius 3 is 2.69 bits per heavy atom. The number of fused-ring (bicyclic) bond motifs is 2. The number of ether oxygens (including phenoxy) is 3. The van der Waals surface area contributed by atoms with E-state index in [2.05, 4.69) is 26.8 Å². The molecule has 212 valence electrons. The topological polar surface area (TPSA) is 98.4 Å². The van der Waals surface area contributed by atoms with Crippen LogP contribution in [0.1, 0.15) is 94.1 Å².